The van der Waals surface area contributed by atoms with Gasteiger partial charge in [0.1, 0.15) is 6.23 Å². The highest BCUT2D eigenvalue weighted by Gasteiger charge is 2.14. The van der Waals surface area contributed by atoms with E-state index in [0.29, 0.717) is 32.6 Å². The maximum absolute atomic E-state index is 9.78. The zero-order chi connectivity index (χ0) is 13.3. The first-order valence-electron chi connectivity index (χ1n) is 6.15. The van der Waals surface area contributed by atoms with Crippen LogP contribution in [0.1, 0.15) is 20.3 Å². The summed E-state index contributed by atoms with van der Waals surface area (Å²) in [6, 6.07) is 0.269. The van der Waals surface area contributed by atoms with Gasteiger partial charge in [-0.2, -0.15) is 0 Å². The van der Waals surface area contributed by atoms with Gasteiger partial charge < -0.3 is 21.1 Å². The quantitative estimate of drug-likeness (QED) is 0.296. The highest BCUT2D eigenvalue weighted by molar-refractivity contribution is 4.70. The molecule has 0 amide bonds. The van der Waals surface area contributed by atoms with Gasteiger partial charge in [0.05, 0.1) is 12.7 Å². The lowest BCUT2D eigenvalue weighted by atomic mass is 10.2. The van der Waals surface area contributed by atoms with Crippen LogP contribution < -0.4 is 11.1 Å². The van der Waals surface area contributed by atoms with Gasteiger partial charge >= 0.3 is 0 Å². The minimum Gasteiger partial charge on any atom is -0.395 e. The highest BCUT2D eigenvalue weighted by atomic mass is 16.3. The lowest BCUT2D eigenvalue weighted by molar-refractivity contribution is 0.0606. The standard InChI is InChI=1S/C11H27N3O3/c1-9(2)14(5-6-15)8-10(16)7-13-11(17)3-4-12/h9-11,13,15-17H,3-8,12H2,1-2H3. The van der Waals surface area contributed by atoms with Gasteiger partial charge in [0, 0.05) is 25.7 Å². The Morgan fingerprint density at radius 1 is 1.29 bits per heavy atom. The third-order valence-electron chi connectivity index (χ3n) is 2.59. The molecule has 0 aliphatic rings. The van der Waals surface area contributed by atoms with Crippen molar-refractivity contribution in [2.45, 2.75) is 38.6 Å². The van der Waals surface area contributed by atoms with Crippen molar-refractivity contribution in [3.8, 4) is 0 Å². The van der Waals surface area contributed by atoms with E-state index in [1.165, 1.54) is 0 Å². The Morgan fingerprint density at radius 2 is 1.94 bits per heavy atom. The number of rotatable bonds is 10. The first kappa shape index (κ1) is 16.8. The minimum atomic E-state index is -0.667. The summed E-state index contributed by atoms with van der Waals surface area (Å²) in [5, 5.41) is 30.9. The molecule has 6 nitrogen and oxygen atoms in total. The summed E-state index contributed by atoms with van der Waals surface area (Å²) < 4.78 is 0. The van der Waals surface area contributed by atoms with Crippen molar-refractivity contribution in [3.63, 3.8) is 0 Å². The summed E-state index contributed by atoms with van der Waals surface area (Å²) >= 11 is 0. The van der Waals surface area contributed by atoms with Crippen molar-refractivity contribution in [3.05, 3.63) is 0 Å². The Balaban J connectivity index is 3.85. The average Bonchev–Trinajstić information content (AvgIpc) is 2.26. The number of hydrogen-bond donors (Lipinski definition) is 5. The summed E-state index contributed by atoms with van der Waals surface area (Å²) in [6.07, 6.45) is -0.770. The number of nitrogens with zero attached hydrogens (tertiary/aromatic N) is 1. The Labute approximate surface area is 103 Å². The summed E-state index contributed by atoms with van der Waals surface area (Å²) in [7, 11) is 0. The third-order valence-corrected chi connectivity index (χ3v) is 2.59. The lowest BCUT2D eigenvalue weighted by Gasteiger charge is -2.28. The van der Waals surface area contributed by atoms with Crippen LogP contribution in [0.25, 0.3) is 0 Å². The third kappa shape index (κ3) is 8.48. The zero-order valence-corrected chi connectivity index (χ0v) is 10.8. The normalized spacial score (nSPS) is 15.5. The van der Waals surface area contributed by atoms with Gasteiger partial charge in [0.2, 0.25) is 0 Å². The van der Waals surface area contributed by atoms with E-state index in [-0.39, 0.29) is 12.6 Å². The summed E-state index contributed by atoms with van der Waals surface area (Å²) in [5.41, 5.74) is 5.30. The fourth-order valence-corrected chi connectivity index (χ4v) is 1.56. The smallest absolute Gasteiger partial charge is 0.106 e. The van der Waals surface area contributed by atoms with Gasteiger partial charge in [-0.15, -0.1) is 0 Å². The van der Waals surface area contributed by atoms with Gasteiger partial charge in [-0.25, -0.2) is 0 Å². The van der Waals surface area contributed by atoms with Gasteiger partial charge in [0.15, 0.2) is 0 Å². The predicted molar refractivity (Wildman–Crippen MR) is 67.5 cm³/mol. The van der Waals surface area contributed by atoms with Crippen LogP contribution in [0.4, 0.5) is 0 Å². The van der Waals surface area contributed by atoms with Crippen LogP contribution in [0.3, 0.4) is 0 Å². The van der Waals surface area contributed by atoms with Gasteiger partial charge in [-0.05, 0) is 26.8 Å². The summed E-state index contributed by atoms with van der Waals surface area (Å²) in [5.74, 6) is 0. The van der Waals surface area contributed by atoms with Gasteiger partial charge in [0.25, 0.3) is 0 Å². The molecule has 0 aromatic carbocycles. The Bertz CT molecular complexity index is 181. The summed E-state index contributed by atoms with van der Waals surface area (Å²) in [4.78, 5) is 1.99. The Hall–Kier alpha value is -0.240. The molecule has 6 heteroatoms. The van der Waals surface area contributed by atoms with E-state index in [1.54, 1.807) is 0 Å². The van der Waals surface area contributed by atoms with E-state index >= 15 is 0 Å². The molecule has 0 fully saturated rings. The molecule has 0 rings (SSSR count). The second-order valence-electron chi connectivity index (χ2n) is 4.47. The van der Waals surface area contributed by atoms with E-state index in [4.69, 9.17) is 10.8 Å². The molecule has 17 heavy (non-hydrogen) atoms. The molecular formula is C11H27N3O3. The molecule has 6 N–H and O–H groups in total. The molecule has 0 saturated carbocycles. The van der Waals surface area contributed by atoms with E-state index in [1.807, 2.05) is 18.7 Å². The minimum absolute atomic E-state index is 0.0775. The van der Waals surface area contributed by atoms with Crippen LogP contribution >= 0.6 is 0 Å². The van der Waals surface area contributed by atoms with Crippen LogP contribution in [-0.4, -0.2) is 71.4 Å². The van der Waals surface area contributed by atoms with Gasteiger partial charge in [-0.1, -0.05) is 0 Å². The van der Waals surface area contributed by atoms with E-state index in [2.05, 4.69) is 5.32 Å². The van der Waals surface area contributed by atoms with Crippen LogP contribution in [0.15, 0.2) is 0 Å². The molecule has 2 atom stereocenters. The summed E-state index contributed by atoms with van der Waals surface area (Å²) in [6.45, 7) is 5.84. The largest absolute Gasteiger partial charge is 0.395 e. The molecule has 0 aromatic rings. The topological polar surface area (TPSA) is 102 Å². The Kier molecular flexibility index (Phi) is 9.62. The van der Waals surface area contributed by atoms with Crippen LogP contribution in [0.5, 0.6) is 0 Å². The second-order valence-corrected chi connectivity index (χ2v) is 4.47. The lowest BCUT2D eigenvalue weighted by Crippen LogP contribution is -2.45. The van der Waals surface area contributed by atoms with Crippen LogP contribution in [0, 0.1) is 0 Å². The molecule has 0 saturated heterocycles. The molecule has 0 aliphatic heterocycles. The molecule has 104 valence electrons. The molecule has 0 aromatic heterocycles. The molecular weight excluding hydrogens is 222 g/mol. The van der Waals surface area contributed by atoms with E-state index < -0.39 is 12.3 Å². The van der Waals surface area contributed by atoms with Crippen molar-refractivity contribution in [2.24, 2.45) is 5.73 Å². The number of nitrogens with one attached hydrogen (secondary N) is 1. The predicted octanol–water partition coefficient (Wildman–Crippen LogP) is -1.69. The first-order chi connectivity index (χ1) is 8.01. The molecule has 2 unspecified atom stereocenters. The van der Waals surface area contributed by atoms with Crippen LogP contribution in [-0.2, 0) is 0 Å². The number of aliphatic hydroxyl groups excluding tert-OH is 3. The van der Waals surface area contributed by atoms with E-state index in [0.717, 1.165) is 0 Å². The number of hydrogen-bond acceptors (Lipinski definition) is 6. The molecule has 0 bridgehead atoms. The van der Waals surface area contributed by atoms with Crippen molar-refractivity contribution in [1.29, 1.82) is 0 Å². The zero-order valence-electron chi connectivity index (χ0n) is 10.8. The Morgan fingerprint density at radius 3 is 2.41 bits per heavy atom. The first-order valence-corrected chi connectivity index (χ1v) is 6.15. The molecule has 0 spiro atoms. The van der Waals surface area contributed by atoms with Crippen molar-refractivity contribution < 1.29 is 15.3 Å². The average molecular weight is 249 g/mol. The van der Waals surface area contributed by atoms with Crippen LogP contribution in [0.2, 0.25) is 0 Å². The number of aliphatic hydroxyl groups is 3. The number of nitrogens with two attached hydrogens (primary N) is 1. The maximum Gasteiger partial charge on any atom is 0.106 e. The molecule has 0 aliphatic carbocycles. The fourth-order valence-electron chi connectivity index (χ4n) is 1.56. The van der Waals surface area contributed by atoms with Crippen molar-refractivity contribution >= 4 is 0 Å². The van der Waals surface area contributed by atoms with Crippen molar-refractivity contribution in [1.82, 2.24) is 10.2 Å². The monoisotopic (exact) mass is 249 g/mol. The molecule has 0 heterocycles. The molecule has 0 radical (unpaired) electrons. The van der Waals surface area contributed by atoms with E-state index in [9.17, 15) is 10.2 Å². The highest BCUT2D eigenvalue weighted by Crippen LogP contribution is 1.99. The van der Waals surface area contributed by atoms with Gasteiger partial charge in [-0.3, -0.25) is 10.2 Å². The second kappa shape index (κ2) is 9.76. The SMILES string of the molecule is CC(C)N(CCO)CC(O)CNC(O)CCN. The van der Waals surface area contributed by atoms with Crippen molar-refractivity contribution in [2.75, 3.05) is 32.8 Å². The maximum atomic E-state index is 9.78. The fraction of sp³-hybridized carbons (Fsp3) is 1.00.